The number of nitrogens with zero attached hydrogens (tertiary/aromatic N) is 4. The second kappa shape index (κ2) is 11.5. The molecule has 1 aromatic heterocycles. The first-order valence-electron chi connectivity index (χ1n) is 11.9. The van der Waals surface area contributed by atoms with Crippen LogP contribution < -0.4 is 24.6 Å². The molecule has 198 valence electrons. The van der Waals surface area contributed by atoms with Crippen LogP contribution >= 0.6 is 11.6 Å². The molecule has 1 aliphatic heterocycles. The average molecular weight is 536 g/mol. The van der Waals surface area contributed by atoms with Crippen LogP contribution in [0.5, 0.6) is 11.5 Å². The Balaban J connectivity index is 1.72. The minimum atomic E-state index is -1.07. The minimum absolute atomic E-state index is 0.195. The number of carbonyl (C=O) groups is 1. The van der Waals surface area contributed by atoms with Gasteiger partial charge in [0.25, 0.3) is 0 Å². The van der Waals surface area contributed by atoms with Crippen LogP contribution in [-0.4, -0.2) is 62.1 Å². The summed E-state index contributed by atoms with van der Waals surface area (Å²) in [5.74, 6) is 1.80. The number of ether oxygens (including phenoxy) is 2. The summed E-state index contributed by atoms with van der Waals surface area (Å²) in [6.07, 6.45) is 4.31. The number of halogens is 1. The van der Waals surface area contributed by atoms with Crippen molar-refractivity contribution in [1.82, 2.24) is 9.97 Å². The van der Waals surface area contributed by atoms with Crippen molar-refractivity contribution in [2.45, 2.75) is 12.6 Å². The van der Waals surface area contributed by atoms with Crippen LogP contribution in [0.15, 0.2) is 55.3 Å². The van der Waals surface area contributed by atoms with Gasteiger partial charge in [-0.2, -0.15) is 4.98 Å². The Bertz CT molecular complexity index is 1390. The molecule has 0 saturated carbocycles. The van der Waals surface area contributed by atoms with Gasteiger partial charge in [-0.15, -0.1) is 0 Å². The molecule has 38 heavy (non-hydrogen) atoms. The lowest BCUT2D eigenvalue weighted by molar-refractivity contribution is -0.113. The molecule has 0 bridgehead atoms. The highest BCUT2D eigenvalue weighted by atomic mass is 35.5. The van der Waals surface area contributed by atoms with Crippen LogP contribution in [0.2, 0.25) is 5.02 Å². The molecule has 10 heteroatoms. The number of aromatic nitrogens is 2. The Morgan fingerprint density at radius 2 is 2.08 bits per heavy atom. The summed E-state index contributed by atoms with van der Waals surface area (Å²) >= 11 is 6.69. The van der Waals surface area contributed by atoms with E-state index < -0.39 is 6.23 Å². The van der Waals surface area contributed by atoms with Gasteiger partial charge in [0.2, 0.25) is 11.9 Å². The fourth-order valence-corrected chi connectivity index (χ4v) is 4.58. The van der Waals surface area contributed by atoms with Crippen molar-refractivity contribution in [3.8, 4) is 11.5 Å². The van der Waals surface area contributed by atoms with Crippen molar-refractivity contribution in [3.63, 3.8) is 0 Å². The predicted octanol–water partition coefficient (Wildman–Crippen LogP) is 4.26. The number of benzene rings is 2. The fraction of sp³-hybridized carbons (Fsp3) is 0.250. The molecule has 0 radical (unpaired) electrons. The van der Waals surface area contributed by atoms with Crippen molar-refractivity contribution in [2.75, 3.05) is 50.0 Å². The number of aliphatic hydroxyl groups excluding tert-OH is 1. The van der Waals surface area contributed by atoms with Gasteiger partial charge in [0, 0.05) is 55.3 Å². The lowest BCUT2D eigenvalue weighted by atomic mass is 9.96. The summed E-state index contributed by atoms with van der Waals surface area (Å²) < 4.78 is 10.9. The largest absolute Gasteiger partial charge is 0.497 e. The smallest absolute Gasteiger partial charge is 0.250 e. The zero-order chi connectivity index (χ0) is 27.4. The van der Waals surface area contributed by atoms with Gasteiger partial charge in [-0.3, -0.25) is 4.79 Å². The van der Waals surface area contributed by atoms with Crippen molar-refractivity contribution in [2.24, 2.45) is 0 Å². The molecule has 2 N–H and O–H groups in total. The highest BCUT2D eigenvalue weighted by molar-refractivity contribution is 6.34. The molecule has 2 aromatic carbocycles. The topological polar surface area (TPSA) is 100 Å². The van der Waals surface area contributed by atoms with E-state index in [0.717, 1.165) is 16.8 Å². The standard InChI is InChI=1S/C28H30ClN5O4/c1-6-24(35)33(3)19-9-7-8-17(12-19)10-11-34-26-18(16-31-28(30-2)32-26)13-22(27(34)36)21-14-20(37-4)15-23(38-5)25(21)29/h6-9,12-16,27,36H,1,10-11H2,2-5H3,(H,30,31,32). The molecule has 3 aromatic rings. The fourth-order valence-electron chi connectivity index (χ4n) is 4.29. The van der Waals surface area contributed by atoms with Crippen LogP contribution in [0.1, 0.15) is 16.7 Å². The number of carbonyl (C=O) groups excluding carboxylic acids is 1. The van der Waals surface area contributed by atoms with E-state index in [4.69, 9.17) is 21.1 Å². The number of hydrogen-bond acceptors (Lipinski definition) is 8. The van der Waals surface area contributed by atoms with Gasteiger partial charge in [0.05, 0.1) is 19.2 Å². The number of hydrogen-bond donors (Lipinski definition) is 2. The van der Waals surface area contributed by atoms with E-state index >= 15 is 0 Å². The Hall–Kier alpha value is -4.08. The van der Waals surface area contributed by atoms with Gasteiger partial charge in [-0.25, -0.2) is 4.98 Å². The maximum atomic E-state index is 12.1. The van der Waals surface area contributed by atoms with Gasteiger partial charge in [0.1, 0.15) is 17.3 Å². The maximum Gasteiger partial charge on any atom is 0.250 e. The van der Waals surface area contributed by atoms with Gasteiger partial charge in [-0.05, 0) is 42.3 Å². The highest BCUT2D eigenvalue weighted by Gasteiger charge is 2.31. The van der Waals surface area contributed by atoms with Crippen molar-refractivity contribution < 1.29 is 19.4 Å². The van der Waals surface area contributed by atoms with Crippen molar-refractivity contribution >= 4 is 46.6 Å². The zero-order valence-corrected chi connectivity index (χ0v) is 22.5. The molecule has 1 amide bonds. The van der Waals surface area contributed by atoms with E-state index in [1.807, 2.05) is 30.3 Å². The van der Waals surface area contributed by atoms with Crippen LogP contribution in [0, 0.1) is 0 Å². The number of aliphatic hydroxyl groups is 1. The van der Waals surface area contributed by atoms with E-state index in [2.05, 4.69) is 21.9 Å². The summed E-state index contributed by atoms with van der Waals surface area (Å²) in [5.41, 5.74) is 3.61. The number of methoxy groups -OCH3 is 2. The SMILES string of the molecule is C=CC(=O)N(C)c1cccc(CCN2c3nc(NC)ncc3C=C(c3cc(OC)cc(OC)c3Cl)C2O)c1. The third kappa shape index (κ3) is 5.29. The van der Waals surface area contributed by atoms with Crippen molar-refractivity contribution in [1.29, 1.82) is 0 Å². The van der Waals surface area contributed by atoms with E-state index in [0.29, 0.717) is 52.4 Å². The Morgan fingerprint density at radius 1 is 1.29 bits per heavy atom. The van der Waals surface area contributed by atoms with E-state index in [-0.39, 0.29) is 5.91 Å². The first-order chi connectivity index (χ1) is 18.3. The van der Waals surface area contributed by atoms with Crippen LogP contribution in [0.25, 0.3) is 11.6 Å². The van der Waals surface area contributed by atoms with Crippen LogP contribution in [0.4, 0.5) is 17.5 Å². The number of rotatable bonds is 9. The molecule has 2 heterocycles. The first kappa shape index (κ1) is 27.0. The second-order valence-corrected chi connectivity index (χ2v) is 8.98. The average Bonchev–Trinajstić information content (AvgIpc) is 2.95. The molecule has 1 aliphatic rings. The maximum absolute atomic E-state index is 12.1. The third-order valence-corrected chi connectivity index (χ3v) is 6.79. The number of amides is 1. The van der Waals surface area contributed by atoms with E-state index in [1.54, 1.807) is 44.4 Å². The molecule has 0 fully saturated rings. The predicted molar refractivity (Wildman–Crippen MR) is 151 cm³/mol. The highest BCUT2D eigenvalue weighted by Crippen LogP contribution is 2.42. The summed E-state index contributed by atoms with van der Waals surface area (Å²) in [6.45, 7) is 3.98. The molecule has 4 rings (SSSR count). The molecule has 9 nitrogen and oxygen atoms in total. The lowest BCUT2D eigenvalue weighted by Gasteiger charge is -2.35. The van der Waals surface area contributed by atoms with Crippen LogP contribution in [-0.2, 0) is 11.2 Å². The molecule has 0 saturated heterocycles. The molecule has 0 aliphatic carbocycles. The summed E-state index contributed by atoms with van der Waals surface area (Å²) in [5, 5.41) is 15.0. The van der Waals surface area contributed by atoms with E-state index in [9.17, 15) is 9.90 Å². The summed E-state index contributed by atoms with van der Waals surface area (Å²) in [6, 6.07) is 11.1. The zero-order valence-electron chi connectivity index (χ0n) is 21.7. The molecule has 1 atom stereocenters. The van der Waals surface area contributed by atoms with Crippen molar-refractivity contribution in [3.05, 3.63) is 77.0 Å². The molecular formula is C28H30ClN5O4. The normalized spacial score (nSPS) is 14.3. The number of anilines is 3. The minimum Gasteiger partial charge on any atom is -0.497 e. The summed E-state index contributed by atoms with van der Waals surface area (Å²) in [4.78, 5) is 24.4. The second-order valence-electron chi connectivity index (χ2n) is 8.60. The number of fused-ring (bicyclic) bond motifs is 1. The van der Waals surface area contributed by atoms with E-state index in [1.165, 1.54) is 18.1 Å². The molecular weight excluding hydrogens is 506 g/mol. The van der Waals surface area contributed by atoms with Crippen LogP contribution in [0.3, 0.4) is 0 Å². The Morgan fingerprint density at radius 3 is 2.76 bits per heavy atom. The monoisotopic (exact) mass is 535 g/mol. The lowest BCUT2D eigenvalue weighted by Crippen LogP contribution is -2.41. The molecule has 1 unspecified atom stereocenters. The third-order valence-electron chi connectivity index (χ3n) is 6.40. The quantitative estimate of drug-likeness (QED) is 0.392. The number of nitrogens with one attached hydrogen (secondary N) is 1. The van der Waals surface area contributed by atoms with Gasteiger partial charge >= 0.3 is 0 Å². The Labute approximate surface area is 227 Å². The summed E-state index contributed by atoms with van der Waals surface area (Å²) in [7, 11) is 6.52. The molecule has 0 spiro atoms. The Kier molecular flexibility index (Phi) is 8.19. The van der Waals surface area contributed by atoms with Gasteiger partial charge in [-0.1, -0.05) is 30.3 Å². The first-order valence-corrected chi connectivity index (χ1v) is 12.3. The number of likely N-dealkylation sites (N-methyl/N-ethyl adjacent to an activating group) is 1. The van der Waals surface area contributed by atoms with Gasteiger partial charge < -0.3 is 29.7 Å². The van der Waals surface area contributed by atoms with Gasteiger partial charge in [0.15, 0.2) is 6.23 Å².